The summed E-state index contributed by atoms with van der Waals surface area (Å²) in [5, 5.41) is 3.63. The Morgan fingerprint density at radius 3 is 2.33 bits per heavy atom. The number of rotatable bonds is 6. The van der Waals surface area contributed by atoms with Crippen LogP contribution in [0.5, 0.6) is 5.75 Å². The molecule has 0 atom stereocenters. The quantitative estimate of drug-likeness (QED) is 0.550. The normalized spacial score (nSPS) is 14.1. The fraction of sp³-hybridized carbons (Fsp3) is 0.231. The van der Waals surface area contributed by atoms with Crippen LogP contribution in [0.1, 0.15) is 39.1 Å². The van der Waals surface area contributed by atoms with E-state index in [0.29, 0.717) is 54.4 Å². The van der Waals surface area contributed by atoms with Crippen LogP contribution in [0.2, 0.25) is 5.02 Å². The standard InChI is InChI=1S/C26H24ClFN2O3/c27-20-9-5-18(6-10-20)17-33-24-4-2-1-3-23(24)26(32)30-15-13-22(14-16-30)29-25(31)19-7-11-21(28)12-8-19/h1-12,22H,13-17H2,(H,29,31). The number of amides is 2. The Hall–Kier alpha value is -3.38. The number of halogens is 2. The van der Waals surface area contributed by atoms with Crippen LogP contribution >= 0.6 is 11.6 Å². The van der Waals surface area contributed by atoms with Crippen molar-refractivity contribution in [1.82, 2.24) is 10.2 Å². The molecular formula is C26H24ClFN2O3. The van der Waals surface area contributed by atoms with E-state index < -0.39 is 0 Å². The molecule has 0 unspecified atom stereocenters. The fourth-order valence-corrected chi connectivity index (χ4v) is 3.90. The molecule has 0 aliphatic carbocycles. The number of ether oxygens (including phenoxy) is 1. The van der Waals surface area contributed by atoms with E-state index in [1.54, 1.807) is 29.2 Å². The number of hydrogen-bond acceptors (Lipinski definition) is 3. The predicted octanol–water partition coefficient (Wildman–Crippen LogP) is 5.09. The predicted molar refractivity (Wildman–Crippen MR) is 125 cm³/mol. The average Bonchev–Trinajstić information content (AvgIpc) is 2.84. The lowest BCUT2D eigenvalue weighted by Crippen LogP contribution is -2.46. The second-order valence-corrected chi connectivity index (χ2v) is 8.39. The SMILES string of the molecule is O=C(NC1CCN(C(=O)c2ccccc2OCc2ccc(Cl)cc2)CC1)c1ccc(F)cc1. The van der Waals surface area contributed by atoms with Crippen LogP contribution in [0.4, 0.5) is 4.39 Å². The molecule has 0 aromatic heterocycles. The minimum absolute atomic E-state index is 0.0389. The number of para-hydroxylation sites is 1. The van der Waals surface area contributed by atoms with Crippen LogP contribution in [0.3, 0.4) is 0 Å². The van der Waals surface area contributed by atoms with Gasteiger partial charge in [-0.2, -0.15) is 0 Å². The molecule has 1 aliphatic heterocycles. The Labute approximate surface area is 197 Å². The van der Waals surface area contributed by atoms with Gasteiger partial charge in [-0.25, -0.2) is 4.39 Å². The van der Waals surface area contributed by atoms with E-state index >= 15 is 0 Å². The van der Waals surface area contributed by atoms with Crippen molar-refractivity contribution in [1.29, 1.82) is 0 Å². The Morgan fingerprint density at radius 1 is 0.970 bits per heavy atom. The first kappa shape index (κ1) is 22.8. The fourth-order valence-electron chi connectivity index (χ4n) is 3.78. The first-order valence-corrected chi connectivity index (χ1v) is 11.2. The summed E-state index contributed by atoms with van der Waals surface area (Å²) in [4.78, 5) is 27.3. The largest absolute Gasteiger partial charge is 0.488 e. The third-order valence-corrected chi connectivity index (χ3v) is 5.90. The smallest absolute Gasteiger partial charge is 0.257 e. The number of benzene rings is 3. The monoisotopic (exact) mass is 466 g/mol. The van der Waals surface area contributed by atoms with E-state index in [9.17, 15) is 14.0 Å². The van der Waals surface area contributed by atoms with E-state index in [1.807, 2.05) is 24.3 Å². The van der Waals surface area contributed by atoms with Crippen LogP contribution < -0.4 is 10.1 Å². The van der Waals surface area contributed by atoms with E-state index in [2.05, 4.69) is 5.32 Å². The highest BCUT2D eigenvalue weighted by Gasteiger charge is 2.26. The second-order valence-electron chi connectivity index (χ2n) is 7.96. The molecule has 1 aliphatic rings. The Kier molecular flexibility index (Phi) is 7.25. The lowest BCUT2D eigenvalue weighted by molar-refractivity contribution is 0.0693. The van der Waals surface area contributed by atoms with Gasteiger partial charge >= 0.3 is 0 Å². The lowest BCUT2D eigenvalue weighted by atomic mass is 10.0. The first-order chi connectivity index (χ1) is 16.0. The van der Waals surface area contributed by atoms with Crippen molar-refractivity contribution >= 4 is 23.4 Å². The van der Waals surface area contributed by atoms with Gasteiger partial charge in [-0.05, 0) is 66.9 Å². The highest BCUT2D eigenvalue weighted by molar-refractivity contribution is 6.30. The van der Waals surface area contributed by atoms with Crippen LogP contribution in [-0.2, 0) is 6.61 Å². The molecule has 1 N–H and O–H groups in total. The van der Waals surface area contributed by atoms with Gasteiger partial charge in [-0.15, -0.1) is 0 Å². The van der Waals surface area contributed by atoms with Gasteiger partial charge in [0.25, 0.3) is 11.8 Å². The highest BCUT2D eigenvalue weighted by atomic mass is 35.5. The zero-order valence-corrected chi connectivity index (χ0v) is 18.7. The summed E-state index contributed by atoms with van der Waals surface area (Å²) in [5.41, 5.74) is 1.89. The number of hydrogen-bond donors (Lipinski definition) is 1. The molecule has 1 saturated heterocycles. The lowest BCUT2D eigenvalue weighted by Gasteiger charge is -2.32. The molecule has 0 spiro atoms. The summed E-state index contributed by atoms with van der Waals surface area (Å²) in [6.45, 7) is 1.39. The number of nitrogens with zero attached hydrogens (tertiary/aromatic N) is 1. The summed E-state index contributed by atoms with van der Waals surface area (Å²) in [6.07, 6.45) is 1.29. The van der Waals surface area contributed by atoms with Crippen LogP contribution in [0, 0.1) is 5.82 Å². The molecule has 1 fully saturated rings. The van der Waals surface area contributed by atoms with Gasteiger partial charge in [0.1, 0.15) is 18.2 Å². The second kappa shape index (κ2) is 10.5. The molecule has 5 nitrogen and oxygen atoms in total. The molecule has 3 aromatic rings. The molecule has 3 aromatic carbocycles. The summed E-state index contributed by atoms with van der Waals surface area (Å²) in [5.74, 6) is -0.175. The Morgan fingerprint density at radius 2 is 1.64 bits per heavy atom. The van der Waals surface area contributed by atoms with Crippen LogP contribution in [-0.4, -0.2) is 35.8 Å². The third-order valence-electron chi connectivity index (χ3n) is 5.65. The zero-order chi connectivity index (χ0) is 23.2. The minimum atomic E-state index is -0.379. The van der Waals surface area contributed by atoms with Crippen molar-refractivity contribution < 1.29 is 18.7 Å². The number of piperidine rings is 1. The molecule has 170 valence electrons. The molecule has 0 radical (unpaired) electrons. The minimum Gasteiger partial charge on any atom is -0.488 e. The topological polar surface area (TPSA) is 58.6 Å². The van der Waals surface area contributed by atoms with E-state index in [0.717, 1.165) is 5.56 Å². The van der Waals surface area contributed by atoms with E-state index in [-0.39, 0.29) is 23.7 Å². The summed E-state index contributed by atoms with van der Waals surface area (Å²) in [6, 6.07) is 20.0. The maximum atomic E-state index is 13.2. The molecular weight excluding hydrogens is 443 g/mol. The van der Waals surface area contributed by atoms with Gasteiger partial charge in [-0.3, -0.25) is 9.59 Å². The molecule has 4 rings (SSSR count). The van der Waals surface area contributed by atoms with E-state index in [4.69, 9.17) is 16.3 Å². The van der Waals surface area contributed by atoms with Gasteiger partial charge in [0, 0.05) is 29.7 Å². The van der Waals surface area contributed by atoms with Crippen molar-refractivity contribution in [3.63, 3.8) is 0 Å². The Balaban J connectivity index is 1.33. The highest BCUT2D eigenvalue weighted by Crippen LogP contribution is 2.23. The number of nitrogens with one attached hydrogen (secondary N) is 1. The molecule has 1 heterocycles. The van der Waals surface area contributed by atoms with Crippen molar-refractivity contribution in [3.8, 4) is 5.75 Å². The Bertz CT molecular complexity index is 1110. The summed E-state index contributed by atoms with van der Waals surface area (Å²) in [7, 11) is 0. The van der Waals surface area contributed by atoms with Gasteiger partial charge in [0.2, 0.25) is 0 Å². The zero-order valence-electron chi connectivity index (χ0n) is 18.0. The van der Waals surface area contributed by atoms with Gasteiger partial charge in [-0.1, -0.05) is 35.9 Å². The molecule has 0 bridgehead atoms. The summed E-state index contributed by atoms with van der Waals surface area (Å²) >= 11 is 5.93. The van der Waals surface area contributed by atoms with Crippen LogP contribution in [0.25, 0.3) is 0 Å². The summed E-state index contributed by atoms with van der Waals surface area (Å²) < 4.78 is 19.0. The van der Waals surface area contributed by atoms with Crippen molar-refractivity contribution in [3.05, 3.63) is 100 Å². The average molecular weight is 467 g/mol. The van der Waals surface area contributed by atoms with Crippen molar-refractivity contribution in [2.24, 2.45) is 0 Å². The van der Waals surface area contributed by atoms with Crippen molar-refractivity contribution in [2.45, 2.75) is 25.5 Å². The van der Waals surface area contributed by atoms with Crippen LogP contribution in [0.15, 0.2) is 72.8 Å². The molecule has 0 saturated carbocycles. The molecule has 2 amide bonds. The van der Waals surface area contributed by atoms with Gasteiger partial charge in [0.05, 0.1) is 5.56 Å². The maximum Gasteiger partial charge on any atom is 0.257 e. The van der Waals surface area contributed by atoms with E-state index in [1.165, 1.54) is 24.3 Å². The number of carbonyl (C=O) groups is 2. The number of likely N-dealkylation sites (tertiary alicyclic amines) is 1. The first-order valence-electron chi connectivity index (χ1n) is 10.8. The van der Waals surface area contributed by atoms with Gasteiger partial charge in [0.15, 0.2) is 0 Å². The third kappa shape index (κ3) is 5.90. The van der Waals surface area contributed by atoms with Crippen molar-refractivity contribution in [2.75, 3.05) is 13.1 Å². The molecule has 7 heteroatoms. The maximum absolute atomic E-state index is 13.2. The number of carbonyl (C=O) groups excluding carboxylic acids is 2. The van der Waals surface area contributed by atoms with Gasteiger partial charge < -0.3 is 15.0 Å². The molecule has 33 heavy (non-hydrogen) atoms.